The molecule has 1 saturated heterocycles. The van der Waals surface area contributed by atoms with Crippen LogP contribution < -0.4 is 5.32 Å². The first-order chi connectivity index (χ1) is 9.54. The molecular formula is C13H20FN3O2S. The Morgan fingerprint density at radius 2 is 2.10 bits per heavy atom. The first kappa shape index (κ1) is 15.3. The van der Waals surface area contributed by atoms with Crippen molar-refractivity contribution >= 4 is 10.0 Å². The van der Waals surface area contributed by atoms with Gasteiger partial charge in [0.25, 0.3) is 0 Å². The molecule has 0 spiro atoms. The molecule has 2 rings (SSSR count). The van der Waals surface area contributed by atoms with Crippen LogP contribution in [0.25, 0.3) is 0 Å². The zero-order chi connectivity index (χ0) is 14.6. The third-order valence-corrected chi connectivity index (χ3v) is 5.44. The van der Waals surface area contributed by atoms with Crippen molar-refractivity contribution in [2.45, 2.75) is 24.7 Å². The number of piperidine rings is 1. The number of halogens is 1. The molecule has 0 radical (unpaired) electrons. The second-order valence-electron chi connectivity index (χ2n) is 4.99. The van der Waals surface area contributed by atoms with Gasteiger partial charge in [-0.2, -0.15) is 4.31 Å². The molecule has 1 fully saturated rings. The van der Waals surface area contributed by atoms with Gasteiger partial charge in [0, 0.05) is 19.3 Å². The maximum absolute atomic E-state index is 13.1. The lowest BCUT2D eigenvalue weighted by atomic mass is 9.98. The van der Waals surface area contributed by atoms with Gasteiger partial charge in [0.15, 0.2) is 0 Å². The highest BCUT2D eigenvalue weighted by Crippen LogP contribution is 2.23. The third-order valence-electron chi connectivity index (χ3n) is 3.57. The molecule has 1 aromatic heterocycles. The van der Waals surface area contributed by atoms with Crippen LogP contribution in [-0.2, 0) is 10.0 Å². The molecule has 112 valence electrons. The quantitative estimate of drug-likeness (QED) is 0.888. The van der Waals surface area contributed by atoms with Crippen molar-refractivity contribution in [2.75, 3.05) is 26.2 Å². The largest absolute Gasteiger partial charge is 0.317 e. The topological polar surface area (TPSA) is 62.3 Å². The van der Waals surface area contributed by atoms with Crippen molar-refractivity contribution in [1.29, 1.82) is 0 Å². The van der Waals surface area contributed by atoms with E-state index in [0.29, 0.717) is 19.0 Å². The van der Waals surface area contributed by atoms with Crippen molar-refractivity contribution in [3.8, 4) is 0 Å². The molecule has 0 saturated carbocycles. The lowest BCUT2D eigenvalue weighted by Gasteiger charge is -2.31. The summed E-state index contributed by atoms with van der Waals surface area (Å²) in [5.41, 5.74) is 0. The summed E-state index contributed by atoms with van der Waals surface area (Å²) in [4.78, 5) is 3.54. The number of nitrogens with zero attached hydrogens (tertiary/aromatic N) is 2. The Hall–Kier alpha value is -1.05. The maximum Gasteiger partial charge on any atom is 0.244 e. The minimum absolute atomic E-state index is 0.0670. The fourth-order valence-corrected chi connectivity index (χ4v) is 3.83. The van der Waals surface area contributed by atoms with Crippen LogP contribution in [0.3, 0.4) is 0 Å². The fraction of sp³-hybridized carbons (Fsp3) is 0.615. The normalized spacial score (nSPS) is 18.3. The van der Waals surface area contributed by atoms with E-state index in [2.05, 4.69) is 17.2 Å². The van der Waals surface area contributed by atoms with Gasteiger partial charge >= 0.3 is 0 Å². The predicted molar refractivity (Wildman–Crippen MR) is 74.2 cm³/mol. The molecule has 0 atom stereocenters. The van der Waals surface area contributed by atoms with Gasteiger partial charge in [-0.25, -0.2) is 12.8 Å². The minimum Gasteiger partial charge on any atom is -0.317 e. The molecule has 1 aliphatic rings. The molecule has 7 heteroatoms. The van der Waals surface area contributed by atoms with Gasteiger partial charge in [-0.05, 0) is 37.9 Å². The SMILES string of the molecule is CCNCC1CCN(S(=O)(=O)c2cncc(F)c2)CC1. The number of rotatable bonds is 5. The lowest BCUT2D eigenvalue weighted by molar-refractivity contribution is 0.268. The van der Waals surface area contributed by atoms with Crippen LogP contribution in [-0.4, -0.2) is 43.9 Å². The second-order valence-corrected chi connectivity index (χ2v) is 6.93. The van der Waals surface area contributed by atoms with Crippen LogP contribution in [0.2, 0.25) is 0 Å². The molecule has 0 aromatic carbocycles. The highest BCUT2D eigenvalue weighted by Gasteiger charge is 2.29. The van der Waals surface area contributed by atoms with Crippen LogP contribution in [0.1, 0.15) is 19.8 Å². The number of aromatic nitrogens is 1. The first-order valence-corrected chi connectivity index (χ1v) is 8.29. The molecule has 2 heterocycles. The smallest absolute Gasteiger partial charge is 0.244 e. The Kier molecular flexibility index (Phi) is 5.06. The molecule has 20 heavy (non-hydrogen) atoms. The summed E-state index contributed by atoms with van der Waals surface area (Å²) >= 11 is 0. The van der Waals surface area contributed by atoms with Crippen LogP contribution in [0, 0.1) is 11.7 Å². The Labute approximate surface area is 119 Å². The van der Waals surface area contributed by atoms with Crippen LogP contribution in [0.4, 0.5) is 4.39 Å². The summed E-state index contributed by atoms with van der Waals surface area (Å²) in [6.45, 7) is 4.86. The van der Waals surface area contributed by atoms with Gasteiger partial charge in [0.1, 0.15) is 10.7 Å². The maximum atomic E-state index is 13.1. The summed E-state index contributed by atoms with van der Waals surface area (Å²) in [5.74, 6) is -0.125. The monoisotopic (exact) mass is 301 g/mol. The molecular weight excluding hydrogens is 281 g/mol. The average Bonchev–Trinajstić information content (AvgIpc) is 2.45. The summed E-state index contributed by atoms with van der Waals surface area (Å²) in [6, 6.07) is 1.02. The molecule has 0 amide bonds. The molecule has 0 unspecified atom stereocenters. The highest BCUT2D eigenvalue weighted by molar-refractivity contribution is 7.89. The second kappa shape index (κ2) is 6.60. The Morgan fingerprint density at radius 3 is 2.70 bits per heavy atom. The van der Waals surface area contributed by atoms with Crippen molar-refractivity contribution in [2.24, 2.45) is 5.92 Å². The van der Waals surface area contributed by atoms with Gasteiger partial charge in [0.05, 0.1) is 6.20 Å². The molecule has 0 bridgehead atoms. The number of nitrogens with one attached hydrogen (secondary N) is 1. The van der Waals surface area contributed by atoms with Crippen LogP contribution in [0.5, 0.6) is 0 Å². The molecule has 0 aliphatic carbocycles. The zero-order valence-electron chi connectivity index (χ0n) is 11.5. The van der Waals surface area contributed by atoms with E-state index in [-0.39, 0.29) is 4.90 Å². The van der Waals surface area contributed by atoms with Crippen molar-refractivity contribution in [3.63, 3.8) is 0 Å². The average molecular weight is 301 g/mol. The van der Waals surface area contributed by atoms with Crippen molar-refractivity contribution in [3.05, 3.63) is 24.3 Å². The summed E-state index contributed by atoms with van der Waals surface area (Å²) < 4.78 is 39.3. The predicted octanol–water partition coefficient (Wildman–Crippen LogP) is 1.23. The Bertz CT molecular complexity index is 542. The summed E-state index contributed by atoms with van der Waals surface area (Å²) in [5, 5.41) is 3.28. The van der Waals surface area contributed by atoms with E-state index in [1.807, 2.05) is 0 Å². The van der Waals surface area contributed by atoms with Crippen molar-refractivity contribution in [1.82, 2.24) is 14.6 Å². The van der Waals surface area contributed by atoms with Gasteiger partial charge in [-0.3, -0.25) is 4.98 Å². The molecule has 5 nitrogen and oxygen atoms in total. The van der Waals surface area contributed by atoms with Gasteiger partial charge in [-0.15, -0.1) is 0 Å². The lowest BCUT2D eigenvalue weighted by Crippen LogP contribution is -2.40. The Morgan fingerprint density at radius 1 is 1.40 bits per heavy atom. The fourth-order valence-electron chi connectivity index (χ4n) is 2.38. The third kappa shape index (κ3) is 3.53. The number of hydrogen-bond acceptors (Lipinski definition) is 4. The molecule has 1 N–H and O–H groups in total. The number of sulfonamides is 1. The van der Waals surface area contributed by atoms with E-state index >= 15 is 0 Å². The zero-order valence-corrected chi connectivity index (χ0v) is 12.4. The minimum atomic E-state index is -3.62. The van der Waals surface area contributed by atoms with Gasteiger partial charge < -0.3 is 5.32 Å². The van der Waals surface area contributed by atoms with Gasteiger partial charge in [-0.1, -0.05) is 6.92 Å². The highest BCUT2D eigenvalue weighted by atomic mass is 32.2. The summed E-state index contributed by atoms with van der Waals surface area (Å²) in [7, 11) is -3.62. The van der Waals surface area contributed by atoms with Crippen molar-refractivity contribution < 1.29 is 12.8 Å². The Balaban J connectivity index is 2.02. The van der Waals surface area contributed by atoms with Gasteiger partial charge in [0.2, 0.25) is 10.0 Å². The van der Waals surface area contributed by atoms with Crippen LogP contribution >= 0.6 is 0 Å². The summed E-state index contributed by atoms with van der Waals surface area (Å²) in [6.07, 6.45) is 3.86. The number of pyridine rings is 1. The standard InChI is InChI=1S/C13H20FN3O2S/c1-2-15-8-11-3-5-17(6-4-11)20(18,19)13-7-12(14)9-16-10-13/h7,9-11,15H,2-6,8H2,1H3. The van der Waals surface area contributed by atoms with E-state index in [1.165, 1.54) is 10.5 Å². The first-order valence-electron chi connectivity index (χ1n) is 6.85. The van der Waals surface area contributed by atoms with Crippen LogP contribution in [0.15, 0.2) is 23.4 Å². The van der Waals surface area contributed by atoms with E-state index in [9.17, 15) is 12.8 Å². The van der Waals surface area contributed by atoms with E-state index in [0.717, 1.165) is 38.2 Å². The molecule has 1 aromatic rings. The number of hydrogen-bond donors (Lipinski definition) is 1. The van der Waals surface area contributed by atoms with E-state index in [4.69, 9.17) is 0 Å². The molecule has 1 aliphatic heterocycles. The van der Waals surface area contributed by atoms with E-state index in [1.54, 1.807) is 0 Å². The van der Waals surface area contributed by atoms with E-state index < -0.39 is 15.8 Å².